The van der Waals surface area contributed by atoms with Crippen molar-refractivity contribution in [2.75, 3.05) is 11.7 Å². The lowest BCUT2D eigenvalue weighted by Gasteiger charge is -2.40. The second-order valence-electron chi connectivity index (χ2n) is 7.15. The van der Waals surface area contributed by atoms with E-state index in [0.717, 1.165) is 21.2 Å². The van der Waals surface area contributed by atoms with E-state index in [4.69, 9.17) is 11.6 Å². The van der Waals surface area contributed by atoms with Crippen molar-refractivity contribution < 1.29 is 4.79 Å². The van der Waals surface area contributed by atoms with Gasteiger partial charge in [0, 0.05) is 28.5 Å². The number of hydrogen-bond donors (Lipinski definition) is 1. The minimum Gasteiger partial charge on any atom is -0.332 e. The number of nitrogens with one attached hydrogen (secondary N) is 1. The van der Waals surface area contributed by atoms with E-state index in [9.17, 15) is 9.59 Å². The maximum absolute atomic E-state index is 12.6. The predicted molar refractivity (Wildman–Crippen MR) is 115 cm³/mol. The molecular weight excluding hydrogens is 406 g/mol. The summed E-state index contributed by atoms with van der Waals surface area (Å²) in [6.45, 7) is 2.02. The molecule has 29 heavy (non-hydrogen) atoms. The summed E-state index contributed by atoms with van der Waals surface area (Å²) in [5, 5.41) is 5.75. The van der Waals surface area contributed by atoms with Crippen LogP contribution in [-0.2, 0) is 5.75 Å². The smallest absolute Gasteiger partial charge is 0.271 e. The van der Waals surface area contributed by atoms with Gasteiger partial charge >= 0.3 is 0 Å². The van der Waals surface area contributed by atoms with Crippen LogP contribution >= 0.6 is 23.4 Å². The molecule has 146 valence electrons. The van der Waals surface area contributed by atoms with Gasteiger partial charge in [-0.25, -0.2) is 0 Å². The molecule has 2 aliphatic rings. The van der Waals surface area contributed by atoms with E-state index >= 15 is 0 Å². The molecule has 3 heterocycles. The van der Waals surface area contributed by atoms with Crippen LogP contribution in [0, 0.1) is 6.92 Å². The fourth-order valence-corrected chi connectivity index (χ4v) is 5.57. The zero-order chi connectivity index (χ0) is 20.1. The van der Waals surface area contributed by atoms with Gasteiger partial charge < -0.3 is 5.32 Å². The average molecular weight is 424 g/mol. The molecule has 5 rings (SSSR count). The Hall–Kier alpha value is -2.70. The summed E-state index contributed by atoms with van der Waals surface area (Å²) in [4.78, 5) is 25.8. The van der Waals surface area contributed by atoms with Gasteiger partial charge in [0.2, 0.25) is 0 Å². The zero-order valence-electron chi connectivity index (χ0n) is 15.7. The number of benzene rings is 2. The summed E-state index contributed by atoms with van der Waals surface area (Å²) in [5.41, 5.74) is 4.16. The molecule has 7 heteroatoms. The Morgan fingerprint density at radius 3 is 2.72 bits per heavy atom. The van der Waals surface area contributed by atoms with Crippen molar-refractivity contribution in [2.45, 2.75) is 23.6 Å². The Morgan fingerprint density at radius 2 is 1.86 bits per heavy atom. The van der Waals surface area contributed by atoms with Gasteiger partial charge in [-0.2, -0.15) is 0 Å². The number of rotatable bonds is 1. The number of pyridine rings is 1. The van der Waals surface area contributed by atoms with Crippen molar-refractivity contribution in [3.05, 3.63) is 97.9 Å². The van der Waals surface area contributed by atoms with Crippen LogP contribution in [-0.4, -0.2) is 17.3 Å². The Kier molecular flexibility index (Phi) is 4.41. The summed E-state index contributed by atoms with van der Waals surface area (Å²) in [6.07, 6.45) is 1.69. The summed E-state index contributed by atoms with van der Waals surface area (Å²) < 4.78 is 1.82. The van der Waals surface area contributed by atoms with Crippen LogP contribution in [0.15, 0.2) is 64.4 Å². The standard InChI is InChI=1S/C22H18ClN3O2S/c1-13-18(27)9-10-25-19(13)22(28)24-12-26(25)20-15-6-3-2-5-14(15)11-29-21-16(20)7-4-8-17(21)23/h2-10,20H,11-12H2,1H3,(H,24,28). The first kappa shape index (κ1) is 18.3. The van der Waals surface area contributed by atoms with E-state index in [0.29, 0.717) is 17.9 Å². The molecule has 1 atom stereocenters. The largest absolute Gasteiger partial charge is 0.332 e. The number of amides is 1. The van der Waals surface area contributed by atoms with Crippen molar-refractivity contribution in [2.24, 2.45) is 0 Å². The van der Waals surface area contributed by atoms with Gasteiger partial charge in [-0.15, -0.1) is 11.8 Å². The first-order valence-electron chi connectivity index (χ1n) is 9.32. The molecule has 0 radical (unpaired) electrons. The number of carbonyl (C=O) groups is 1. The molecule has 3 aromatic rings. The van der Waals surface area contributed by atoms with Crippen LogP contribution in [0.3, 0.4) is 0 Å². The van der Waals surface area contributed by atoms with Gasteiger partial charge in [-0.3, -0.25) is 19.3 Å². The number of aromatic nitrogens is 1. The molecule has 2 aromatic carbocycles. The SMILES string of the molecule is Cc1c2n(ccc1=O)N(C1c3ccccc3CSc3c(Cl)cccc31)CNC2=O. The van der Waals surface area contributed by atoms with E-state index in [-0.39, 0.29) is 17.4 Å². The molecule has 0 spiro atoms. The van der Waals surface area contributed by atoms with Gasteiger partial charge in [-0.1, -0.05) is 48.0 Å². The summed E-state index contributed by atoms with van der Waals surface area (Å²) in [5.74, 6) is 0.582. The van der Waals surface area contributed by atoms with Crippen LogP contribution in [0.25, 0.3) is 0 Å². The number of carbonyl (C=O) groups excluding carboxylic acids is 1. The lowest BCUT2D eigenvalue weighted by atomic mass is 9.94. The highest BCUT2D eigenvalue weighted by Crippen LogP contribution is 2.44. The first-order valence-corrected chi connectivity index (χ1v) is 10.7. The number of nitrogens with zero attached hydrogens (tertiary/aromatic N) is 2. The molecule has 0 fully saturated rings. The fourth-order valence-electron chi connectivity index (χ4n) is 4.11. The predicted octanol–water partition coefficient (Wildman–Crippen LogP) is 3.84. The van der Waals surface area contributed by atoms with Crippen LogP contribution < -0.4 is 15.8 Å². The van der Waals surface area contributed by atoms with Gasteiger partial charge in [0.05, 0.1) is 11.1 Å². The minimum atomic E-state index is -0.237. The number of thioether (sulfide) groups is 1. The summed E-state index contributed by atoms with van der Waals surface area (Å²) in [6, 6.07) is 15.7. The summed E-state index contributed by atoms with van der Waals surface area (Å²) in [7, 11) is 0. The second kappa shape index (κ2) is 6.97. The van der Waals surface area contributed by atoms with Crippen LogP contribution in [0.1, 0.15) is 38.8 Å². The normalized spacial score (nSPS) is 17.7. The lowest BCUT2D eigenvalue weighted by Crippen LogP contribution is -2.54. The third kappa shape index (κ3) is 2.86. The zero-order valence-corrected chi connectivity index (χ0v) is 17.3. The third-order valence-corrected chi connectivity index (χ3v) is 7.15. The highest BCUT2D eigenvalue weighted by molar-refractivity contribution is 7.98. The minimum absolute atomic E-state index is 0.145. The maximum atomic E-state index is 12.6. The molecule has 2 aliphatic heterocycles. The van der Waals surface area contributed by atoms with Crippen molar-refractivity contribution >= 4 is 29.3 Å². The Labute approximate surface area is 177 Å². The topological polar surface area (TPSA) is 54.3 Å². The van der Waals surface area contributed by atoms with Crippen LogP contribution in [0.2, 0.25) is 5.02 Å². The van der Waals surface area contributed by atoms with Gasteiger partial charge in [0.15, 0.2) is 5.43 Å². The first-order chi connectivity index (χ1) is 14.1. The number of hydrogen-bond acceptors (Lipinski definition) is 4. The Morgan fingerprint density at radius 1 is 1.07 bits per heavy atom. The van der Waals surface area contributed by atoms with Crippen molar-refractivity contribution in [1.29, 1.82) is 0 Å². The number of fused-ring (bicyclic) bond motifs is 3. The Bertz CT molecular complexity index is 1210. The second-order valence-corrected chi connectivity index (χ2v) is 8.54. The molecule has 1 N–H and O–H groups in total. The molecular formula is C22H18ClN3O2S. The lowest BCUT2D eigenvalue weighted by molar-refractivity contribution is 0.0919. The van der Waals surface area contributed by atoms with Crippen molar-refractivity contribution in [1.82, 2.24) is 9.99 Å². The molecule has 1 aromatic heterocycles. The van der Waals surface area contributed by atoms with Gasteiger partial charge in [0.1, 0.15) is 12.4 Å². The van der Waals surface area contributed by atoms with E-state index in [1.165, 1.54) is 17.2 Å². The molecule has 0 saturated heterocycles. The monoisotopic (exact) mass is 423 g/mol. The van der Waals surface area contributed by atoms with E-state index < -0.39 is 0 Å². The molecule has 5 nitrogen and oxygen atoms in total. The van der Waals surface area contributed by atoms with E-state index in [1.54, 1.807) is 24.9 Å². The van der Waals surface area contributed by atoms with E-state index in [2.05, 4.69) is 28.5 Å². The molecule has 0 bridgehead atoms. The highest BCUT2D eigenvalue weighted by Gasteiger charge is 2.34. The maximum Gasteiger partial charge on any atom is 0.271 e. The summed E-state index contributed by atoms with van der Waals surface area (Å²) >= 11 is 8.30. The molecule has 0 aliphatic carbocycles. The van der Waals surface area contributed by atoms with Crippen molar-refractivity contribution in [3.63, 3.8) is 0 Å². The van der Waals surface area contributed by atoms with Crippen molar-refractivity contribution in [3.8, 4) is 0 Å². The van der Waals surface area contributed by atoms with Crippen LogP contribution in [0.5, 0.6) is 0 Å². The number of halogens is 1. The van der Waals surface area contributed by atoms with Gasteiger partial charge in [0.25, 0.3) is 5.91 Å². The van der Waals surface area contributed by atoms with E-state index in [1.807, 2.05) is 28.9 Å². The average Bonchev–Trinajstić information content (AvgIpc) is 2.89. The quantitative estimate of drug-likeness (QED) is 0.646. The molecule has 1 unspecified atom stereocenters. The molecule has 0 saturated carbocycles. The highest BCUT2D eigenvalue weighted by atomic mass is 35.5. The van der Waals surface area contributed by atoms with Crippen LogP contribution in [0.4, 0.5) is 0 Å². The fraction of sp³-hybridized carbons (Fsp3) is 0.182. The Balaban J connectivity index is 1.78. The van der Waals surface area contributed by atoms with Gasteiger partial charge in [-0.05, 0) is 29.7 Å². The third-order valence-electron chi connectivity index (χ3n) is 5.53. The molecule has 1 amide bonds.